The van der Waals surface area contributed by atoms with Crippen LogP contribution in [0.15, 0.2) is 81.9 Å². The summed E-state index contributed by atoms with van der Waals surface area (Å²) in [4.78, 5) is 8.44. The number of halogens is 1. The summed E-state index contributed by atoms with van der Waals surface area (Å²) in [6, 6.07) is 19.5. The number of hydrogen-bond donors (Lipinski definition) is 0. The van der Waals surface area contributed by atoms with Gasteiger partial charge in [-0.15, -0.1) is 0 Å². The zero-order chi connectivity index (χ0) is 17.1. The van der Waals surface area contributed by atoms with E-state index >= 15 is 0 Å². The summed E-state index contributed by atoms with van der Waals surface area (Å²) < 4.78 is 11.4. The largest absolute Gasteiger partial charge is 0.437 e. The summed E-state index contributed by atoms with van der Waals surface area (Å²) in [6.07, 6.45) is 4.90. The van der Waals surface area contributed by atoms with Gasteiger partial charge in [0.05, 0.1) is 12.4 Å². The molecule has 4 nitrogen and oxygen atoms in total. The maximum atomic E-state index is 6.30. The Morgan fingerprint density at radius 2 is 1.32 bits per heavy atom. The fraction of sp³-hybridized carbons (Fsp3) is 0. The van der Waals surface area contributed by atoms with Gasteiger partial charge in [-0.05, 0) is 0 Å². The first-order valence-corrected chi connectivity index (χ1v) is 8.07. The highest BCUT2D eigenvalue weighted by molar-refractivity contribution is 6.50. The lowest BCUT2D eigenvalue weighted by Gasteiger charge is -1.95. The maximum Gasteiger partial charge on any atom is 0.238 e. The molecule has 2 aromatic carbocycles. The van der Waals surface area contributed by atoms with Crippen LogP contribution < -0.4 is 0 Å². The summed E-state index contributed by atoms with van der Waals surface area (Å²) in [5.74, 6) is 2.04. The zero-order valence-corrected chi connectivity index (χ0v) is 13.9. The lowest BCUT2D eigenvalue weighted by molar-refractivity contribution is 0.554. The second-order valence-electron chi connectivity index (χ2n) is 5.32. The van der Waals surface area contributed by atoms with Gasteiger partial charge in [-0.3, -0.25) is 0 Å². The molecule has 0 unspecified atom stereocenters. The van der Waals surface area contributed by atoms with Crippen molar-refractivity contribution in [3.05, 3.63) is 84.8 Å². The molecule has 0 saturated heterocycles. The van der Waals surface area contributed by atoms with Gasteiger partial charge in [0.25, 0.3) is 0 Å². The molecule has 122 valence electrons. The van der Waals surface area contributed by atoms with E-state index in [9.17, 15) is 0 Å². The van der Waals surface area contributed by atoms with Gasteiger partial charge in [0.15, 0.2) is 11.5 Å². The van der Waals surface area contributed by atoms with Crippen molar-refractivity contribution < 1.29 is 8.83 Å². The summed E-state index contributed by atoms with van der Waals surface area (Å²) in [5, 5.41) is 0.323. The van der Waals surface area contributed by atoms with Crippen molar-refractivity contribution in [3.63, 3.8) is 0 Å². The number of hydrogen-bond acceptors (Lipinski definition) is 4. The molecule has 2 heterocycles. The fourth-order valence-electron chi connectivity index (χ4n) is 2.38. The number of oxazole rings is 2. The molecule has 0 bridgehead atoms. The lowest BCUT2D eigenvalue weighted by atomic mass is 10.2. The molecule has 0 spiro atoms. The molecule has 0 fully saturated rings. The van der Waals surface area contributed by atoms with Crippen molar-refractivity contribution in [3.8, 4) is 22.6 Å². The van der Waals surface area contributed by atoms with Crippen molar-refractivity contribution in [1.82, 2.24) is 9.97 Å². The number of aromatic nitrogens is 2. The molecule has 0 radical (unpaired) electrons. The third-order valence-corrected chi connectivity index (χ3v) is 3.87. The van der Waals surface area contributed by atoms with Crippen LogP contribution in [-0.4, -0.2) is 9.97 Å². The van der Waals surface area contributed by atoms with E-state index in [1.165, 1.54) is 0 Å². The van der Waals surface area contributed by atoms with Crippen molar-refractivity contribution in [2.24, 2.45) is 0 Å². The van der Waals surface area contributed by atoms with Gasteiger partial charge in [0.2, 0.25) is 11.8 Å². The minimum atomic E-state index is 0.319. The smallest absolute Gasteiger partial charge is 0.238 e. The van der Waals surface area contributed by atoms with Gasteiger partial charge in [-0.2, -0.15) is 0 Å². The molecule has 4 rings (SSSR count). The van der Waals surface area contributed by atoms with E-state index < -0.39 is 0 Å². The van der Waals surface area contributed by atoms with Gasteiger partial charge >= 0.3 is 0 Å². The van der Waals surface area contributed by atoms with Crippen LogP contribution in [0, 0.1) is 0 Å². The molecule has 0 saturated carbocycles. The Hall–Kier alpha value is -3.11. The minimum Gasteiger partial charge on any atom is -0.437 e. The Morgan fingerprint density at radius 1 is 0.760 bits per heavy atom. The fourth-order valence-corrected chi connectivity index (χ4v) is 2.56. The molecular formula is C20H13ClN2O2. The third kappa shape index (κ3) is 3.39. The van der Waals surface area contributed by atoms with Crippen molar-refractivity contribution in [2.45, 2.75) is 0 Å². The predicted molar refractivity (Wildman–Crippen MR) is 97.6 cm³/mol. The number of rotatable bonds is 4. The van der Waals surface area contributed by atoms with E-state index in [0.29, 0.717) is 28.3 Å². The number of nitrogens with zero attached hydrogens (tertiary/aromatic N) is 2. The SMILES string of the molecule is Cl/C(=C\c1ncc(-c2ccccc2)o1)c1ncc(-c2ccccc2)o1. The number of benzene rings is 2. The first-order valence-electron chi connectivity index (χ1n) is 7.70. The summed E-state index contributed by atoms with van der Waals surface area (Å²) in [7, 11) is 0. The minimum absolute atomic E-state index is 0.319. The van der Waals surface area contributed by atoms with Gasteiger partial charge in [-0.1, -0.05) is 72.3 Å². The Morgan fingerprint density at radius 3 is 1.96 bits per heavy atom. The molecule has 4 aromatic rings. The molecule has 0 amide bonds. The molecule has 25 heavy (non-hydrogen) atoms. The average Bonchev–Trinajstić information content (AvgIpc) is 3.33. The second-order valence-corrected chi connectivity index (χ2v) is 5.72. The molecule has 2 aromatic heterocycles. The monoisotopic (exact) mass is 348 g/mol. The first-order chi connectivity index (χ1) is 12.3. The Balaban J connectivity index is 1.58. The molecule has 0 atom stereocenters. The van der Waals surface area contributed by atoms with Crippen LogP contribution in [0.25, 0.3) is 33.8 Å². The van der Waals surface area contributed by atoms with E-state index in [0.717, 1.165) is 11.1 Å². The van der Waals surface area contributed by atoms with Crippen LogP contribution in [0.1, 0.15) is 11.8 Å². The van der Waals surface area contributed by atoms with Crippen LogP contribution in [-0.2, 0) is 0 Å². The van der Waals surface area contributed by atoms with E-state index in [2.05, 4.69) is 9.97 Å². The van der Waals surface area contributed by atoms with E-state index in [1.807, 2.05) is 60.7 Å². The Labute approximate surface area is 149 Å². The molecule has 0 N–H and O–H groups in total. The second kappa shape index (κ2) is 6.79. The van der Waals surface area contributed by atoms with Crippen LogP contribution in [0.3, 0.4) is 0 Å². The van der Waals surface area contributed by atoms with Crippen LogP contribution in [0.4, 0.5) is 0 Å². The van der Waals surface area contributed by atoms with E-state index in [1.54, 1.807) is 18.5 Å². The van der Waals surface area contributed by atoms with Crippen LogP contribution in [0.2, 0.25) is 0 Å². The molecule has 0 aliphatic rings. The molecular weight excluding hydrogens is 336 g/mol. The van der Waals surface area contributed by atoms with E-state index in [-0.39, 0.29) is 0 Å². The van der Waals surface area contributed by atoms with Crippen molar-refractivity contribution >= 4 is 22.7 Å². The molecule has 0 aliphatic heterocycles. The first kappa shape index (κ1) is 15.4. The van der Waals surface area contributed by atoms with Gasteiger partial charge in [0.1, 0.15) is 5.03 Å². The topological polar surface area (TPSA) is 52.1 Å². The molecule has 5 heteroatoms. The lowest BCUT2D eigenvalue weighted by Crippen LogP contribution is -1.76. The Kier molecular flexibility index (Phi) is 4.19. The normalized spacial score (nSPS) is 11.6. The maximum absolute atomic E-state index is 6.30. The van der Waals surface area contributed by atoms with Crippen LogP contribution >= 0.6 is 11.6 Å². The van der Waals surface area contributed by atoms with E-state index in [4.69, 9.17) is 20.4 Å². The van der Waals surface area contributed by atoms with Crippen LogP contribution in [0.5, 0.6) is 0 Å². The van der Waals surface area contributed by atoms with Gasteiger partial charge < -0.3 is 8.83 Å². The summed E-state index contributed by atoms with van der Waals surface area (Å²) >= 11 is 6.30. The molecule has 0 aliphatic carbocycles. The van der Waals surface area contributed by atoms with Gasteiger partial charge in [-0.25, -0.2) is 9.97 Å². The standard InChI is InChI=1S/C20H13ClN2O2/c21-16(20-23-13-18(25-20)15-9-5-2-6-10-15)11-19-22-12-17(24-19)14-7-3-1-4-8-14/h1-13H/b16-11-. The Bertz CT molecular complexity index is 1000. The zero-order valence-electron chi connectivity index (χ0n) is 13.1. The third-order valence-electron chi connectivity index (χ3n) is 3.60. The van der Waals surface area contributed by atoms with Crippen molar-refractivity contribution in [2.75, 3.05) is 0 Å². The predicted octanol–water partition coefficient (Wildman–Crippen LogP) is 5.73. The van der Waals surface area contributed by atoms with Gasteiger partial charge in [0, 0.05) is 17.2 Å². The highest BCUT2D eigenvalue weighted by atomic mass is 35.5. The highest BCUT2D eigenvalue weighted by Gasteiger charge is 2.11. The highest BCUT2D eigenvalue weighted by Crippen LogP contribution is 2.28. The summed E-state index contributed by atoms with van der Waals surface area (Å²) in [5.41, 5.74) is 1.89. The van der Waals surface area contributed by atoms with Crippen molar-refractivity contribution in [1.29, 1.82) is 0 Å². The quantitative estimate of drug-likeness (QED) is 0.472. The average molecular weight is 349 g/mol. The summed E-state index contributed by atoms with van der Waals surface area (Å²) in [6.45, 7) is 0.